The van der Waals surface area contributed by atoms with Gasteiger partial charge in [0.25, 0.3) is 0 Å². The molecule has 0 spiro atoms. The molecule has 0 aromatic carbocycles. The number of unbranched alkanes of at least 4 members (excludes halogenated alkanes) is 14. The predicted molar refractivity (Wildman–Crippen MR) is 205 cm³/mol. The summed E-state index contributed by atoms with van der Waals surface area (Å²) < 4.78 is 32.6. The van der Waals surface area contributed by atoms with Crippen molar-refractivity contribution in [2.24, 2.45) is 0 Å². The molecule has 0 bridgehead atoms. The van der Waals surface area contributed by atoms with Crippen LogP contribution in [0.1, 0.15) is 155 Å². The van der Waals surface area contributed by atoms with Crippen LogP contribution in [0.4, 0.5) is 0 Å². The summed E-state index contributed by atoms with van der Waals surface area (Å²) in [5.74, 6) is -0.975. The number of aliphatic hydroxyl groups is 2. The lowest BCUT2D eigenvalue weighted by Crippen LogP contribution is -2.29. The summed E-state index contributed by atoms with van der Waals surface area (Å²) in [6.07, 6.45) is 36.5. The van der Waals surface area contributed by atoms with Gasteiger partial charge < -0.3 is 24.6 Å². The van der Waals surface area contributed by atoms with Gasteiger partial charge in [-0.2, -0.15) is 0 Å². The van der Waals surface area contributed by atoms with Gasteiger partial charge in [0.05, 0.1) is 19.8 Å². The number of hydrogen-bond acceptors (Lipinski definition) is 9. The van der Waals surface area contributed by atoms with Crippen molar-refractivity contribution >= 4 is 19.8 Å². The molecule has 0 fully saturated rings. The van der Waals surface area contributed by atoms with Crippen LogP contribution in [0.2, 0.25) is 0 Å². The van der Waals surface area contributed by atoms with E-state index in [-0.39, 0.29) is 19.4 Å². The summed E-state index contributed by atoms with van der Waals surface area (Å²) in [7, 11) is -4.62. The highest BCUT2D eigenvalue weighted by molar-refractivity contribution is 7.47. The molecule has 0 radical (unpaired) electrons. The van der Waals surface area contributed by atoms with E-state index in [4.69, 9.17) is 19.1 Å². The van der Waals surface area contributed by atoms with Crippen LogP contribution in [0.5, 0.6) is 0 Å². The van der Waals surface area contributed by atoms with Gasteiger partial charge in [-0.1, -0.05) is 140 Å². The van der Waals surface area contributed by atoms with Crippen molar-refractivity contribution in [1.29, 1.82) is 0 Å². The molecule has 0 heterocycles. The molecule has 0 aliphatic heterocycles. The minimum atomic E-state index is -4.62. The minimum absolute atomic E-state index is 0.132. The SMILES string of the molecule is CC/C=C\C/C=C\C/C=C\C/C=C\CCCCC(=O)OC(COC(=O)CCCCCCCCCCCCCCC)COP(=O)(O)OCC(O)CO. The van der Waals surface area contributed by atoms with Crippen molar-refractivity contribution in [2.45, 2.75) is 167 Å². The molecule has 51 heavy (non-hydrogen) atoms. The maximum absolute atomic E-state index is 12.5. The standard InChI is InChI=1S/C40H71O10P/c1-3-5-7-9-11-13-15-17-18-20-22-24-26-28-30-32-40(44)50-38(36-49-51(45,46)48-34-37(42)33-41)35-47-39(43)31-29-27-25-23-21-19-16-14-12-10-8-6-4-2/h5,7,11,13,17-18,22,24,37-38,41-42H,3-4,6,8-10,12,14-16,19-21,23,25-36H2,1-2H3,(H,45,46)/b7-5-,13-11-,18-17-,24-22-. The molecule has 3 unspecified atom stereocenters. The normalized spacial score (nSPS) is 14.5. The molecule has 0 aliphatic rings. The van der Waals surface area contributed by atoms with Crippen LogP contribution >= 0.6 is 7.82 Å². The number of ether oxygens (including phenoxy) is 2. The van der Waals surface area contributed by atoms with Crippen LogP contribution in [0.3, 0.4) is 0 Å². The van der Waals surface area contributed by atoms with Gasteiger partial charge in [-0.3, -0.25) is 18.6 Å². The Morgan fingerprint density at radius 1 is 0.608 bits per heavy atom. The summed E-state index contributed by atoms with van der Waals surface area (Å²) in [6.45, 7) is 2.20. The quantitative estimate of drug-likeness (QED) is 0.0245. The molecule has 0 aromatic rings. The van der Waals surface area contributed by atoms with Crippen molar-refractivity contribution < 1.29 is 47.8 Å². The van der Waals surface area contributed by atoms with Crippen LogP contribution < -0.4 is 0 Å². The smallest absolute Gasteiger partial charge is 0.462 e. The number of phosphoric ester groups is 1. The first-order valence-electron chi connectivity index (χ1n) is 19.6. The fraction of sp³-hybridized carbons (Fsp3) is 0.750. The summed E-state index contributed by atoms with van der Waals surface area (Å²) in [6, 6.07) is 0. The first kappa shape index (κ1) is 48.9. The lowest BCUT2D eigenvalue weighted by atomic mass is 10.0. The number of hydrogen-bond donors (Lipinski definition) is 3. The summed E-state index contributed by atoms with van der Waals surface area (Å²) in [4.78, 5) is 34.8. The zero-order valence-electron chi connectivity index (χ0n) is 31.8. The minimum Gasteiger partial charge on any atom is -0.462 e. The first-order valence-corrected chi connectivity index (χ1v) is 21.1. The van der Waals surface area contributed by atoms with Gasteiger partial charge in [0.15, 0.2) is 6.10 Å². The van der Waals surface area contributed by atoms with Gasteiger partial charge in [0, 0.05) is 12.8 Å². The largest absolute Gasteiger partial charge is 0.472 e. The van der Waals surface area contributed by atoms with E-state index in [0.717, 1.165) is 57.8 Å². The average molecular weight is 743 g/mol. The monoisotopic (exact) mass is 742 g/mol. The van der Waals surface area contributed by atoms with E-state index in [9.17, 15) is 24.2 Å². The second-order valence-corrected chi connectivity index (χ2v) is 14.4. The fourth-order valence-electron chi connectivity index (χ4n) is 4.98. The Labute approximate surface area is 309 Å². The molecule has 0 amide bonds. The van der Waals surface area contributed by atoms with E-state index in [2.05, 4.69) is 67.0 Å². The van der Waals surface area contributed by atoms with Crippen molar-refractivity contribution in [3.05, 3.63) is 48.6 Å². The Kier molecular flexibility index (Phi) is 34.8. The highest BCUT2D eigenvalue weighted by Gasteiger charge is 2.27. The number of aliphatic hydroxyl groups excluding tert-OH is 2. The van der Waals surface area contributed by atoms with Crippen LogP contribution in [0, 0.1) is 0 Å². The number of esters is 2. The summed E-state index contributed by atoms with van der Waals surface area (Å²) in [5.41, 5.74) is 0. The number of rotatable bonds is 36. The Bertz CT molecular complexity index is 994. The van der Waals surface area contributed by atoms with Crippen LogP contribution in [0.15, 0.2) is 48.6 Å². The Morgan fingerprint density at radius 3 is 1.63 bits per heavy atom. The molecule has 10 nitrogen and oxygen atoms in total. The first-order chi connectivity index (χ1) is 24.7. The van der Waals surface area contributed by atoms with E-state index in [1.165, 1.54) is 57.8 Å². The second-order valence-electron chi connectivity index (χ2n) is 12.9. The van der Waals surface area contributed by atoms with Crippen LogP contribution in [-0.4, -0.2) is 65.7 Å². The highest BCUT2D eigenvalue weighted by atomic mass is 31.2. The molecular formula is C40H71O10P. The average Bonchev–Trinajstić information content (AvgIpc) is 3.12. The Balaban J connectivity index is 4.43. The predicted octanol–water partition coefficient (Wildman–Crippen LogP) is 9.77. The van der Waals surface area contributed by atoms with E-state index in [0.29, 0.717) is 12.8 Å². The molecule has 0 saturated carbocycles. The van der Waals surface area contributed by atoms with Gasteiger partial charge in [-0.05, 0) is 51.4 Å². The topological polar surface area (TPSA) is 149 Å². The van der Waals surface area contributed by atoms with Crippen molar-refractivity contribution in [3.63, 3.8) is 0 Å². The second kappa shape index (κ2) is 36.3. The molecule has 3 atom stereocenters. The molecule has 3 N–H and O–H groups in total. The van der Waals surface area contributed by atoms with Gasteiger partial charge in [-0.15, -0.1) is 0 Å². The maximum atomic E-state index is 12.5. The molecule has 0 rings (SSSR count). The van der Waals surface area contributed by atoms with Gasteiger partial charge in [0.2, 0.25) is 0 Å². The van der Waals surface area contributed by atoms with Gasteiger partial charge in [0.1, 0.15) is 12.7 Å². The Morgan fingerprint density at radius 2 is 1.08 bits per heavy atom. The molecule has 0 aliphatic carbocycles. The zero-order valence-corrected chi connectivity index (χ0v) is 32.7. The third-order valence-corrected chi connectivity index (χ3v) is 8.95. The van der Waals surface area contributed by atoms with Crippen molar-refractivity contribution in [3.8, 4) is 0 Å². The molecule has 0 saturated heterocycles. The number of phosphoric acid groups is 1. The fourth-order valence-corrected chi connectivity index (χ4v) is 5.77. The maximum Gasteiger partial charge on any atom is 0.472 e. The third-order valence-electron chi connectivity index (χ3n) is 8.00. The van der Waals surface area contributed by atoms with Crippen molar-refractivity contribution in [2.75, 3.05) is 26.4 Å². The zero-order chi connectivity index (χ0) is 37.7. The van der Waals surface area contributed by atoms with Gasteiger partial charge >= 0.3 is 19.8 Å². The lowest BCUT2D eigenvalue weighted by molar-refractivity contribution is -0.161. The Hall–Kier alpha value is -2.07. The molecule has 296 valence electrons. The molecular weight excluding hydrogens is 671 g/mol. The lowest BCUT2D eigenvalue weighted by Gasteiger charge is -2.20. The van der Waals surface area contributed by atoms with Crippen LogP contribution in [-0.2, 0) is 32.7 Å². The molecule has 0 aromatic heterocycles. The number of carbonyl (C=O) groups is 2. The summed E-state index contributed by atoms with van der Waals surface area (Å²) >= 11 is 0. The van der Waals surface area contributed by atoms with Gasteiger partial charge in [-0.25, -0.2) is 4.57 Å². The van der Waals surface area contributed by atoms with E-state index < -0.39 is 51.8 Å². The van der Waals surface area contributed by atoms with E-state index in [1.807, 2.05) is 0 Å². The van der Waals surface area contributed by atoms with E-state index >= 15 is 0 Å². The number of carbonyl (C=O) groups excluding carboxylic acids is 2. The third kappa shape index (κ3) is 36.1. The van der Waals surface area contributed by atoms with E-state index in [1.54, 1.807) is 0 Å². The molecule has 11 heteroatoms. The number of allylic oxidation sites excluding steroid dienone is 8. The summed E-state index contributed by atoms with van der Waals surface area (Å²) in [5, 5.41) is 18.3. The van der Waals surface area contributed by atoms with Crippen molar-refractivity contribution in [1.82, 2.24) is 0 Å². The highest BCUT2D eigenvalue weighted by Crippen LogP contribution is 2.43. The van der Waals surface area contributed by atoms with Crippen LogP contribution in [0.25, 0.3) is 0 Å².